The van der Waals surface area contributed by atoms with Crippen LogP contribution in [0.2, 0.25) is 0 Å². The minimum atomic E-state index is 0.0523. The maximum atomic E-state index is 12.6. The summed E-state index contributed by atoms with van der Waals surface area (Å²) in [5.74, 6) is 2.28. The van der Waals surface area contributed by atoms with Gasteiger partial charge in [0.1, 0.15) is 0 Å². The first-order valence-corrected chi connectivity index (χ1v) is 9.83. The van der Waals surface area contributed by atoms with Crippen molar-refractivity contribution in [2.45, 2.75) is 38.0 Å². The Bertz CT molecular complexity index is 401. The fourth-order valence-corrected chi connectivity index (χ4v) is 5.31. The summed E-state index contributed by atoms with van der Waals surface area (Å²) in [6.45, 7) is 9.70. The number of urea groups is 1. The lowest BCUT2D eigenvalue weighted by Crippen LogP contribution is -2.61. The molecule has 3 saturated heterocycles. The molecule has 0 aromatic carbocycles. The highest BCUT2D eigenvalue weighted by Gasteiger charge is 2.41. The van der Waals surface area contributed by atoms with Crippen molar-refractivity contribution in [3.63, 3.8) is 0 Å². The zero-order chi connectivity index (χ0) is 16.3. The van der Waals surface area contributed by atoms with Crippen LogP contribution in [0, 0.1) is 0 Å². The molecular weight excluding hydrogens is 314 g/mol. The molecule has 0 bridgehead atoms. The van der Waals surface area contributed by atoms with E-state index in [-0.39, 0.29) is 23.8 Å². The summed E-state index contributed by atoms with van der Waals surface area (Å²) in [5, 5.41) is 3.21. The first-order valence-electron chi connectivity index (χ1n) is 8.68. The van der Waals surface area contributed by atoms with E-state index in [0.717, 1.165) is 45.0 Å². The number of carbonyl (C=O) groups is 1. The fraction of sp³-hybridized carbons (Fsp3) is 0.938. The van der Waals surface area contributed by atoms with Crippen LogP contribution in [0.5, 0.6) is 0 Å². The Balaban J connectivity index is 1.57. The van der Waals surface area contributed by atoms with Crippen molar-refractivity contribution >= 4 is 17.8 Å². The molecule has 0 saturated carbocycles. The lowest BCUT2D eigenvalue weighted by atomic mass is 9.95. The van der Waals surface area contributed by atoms with Crippen molar-refractivity contribution < 1.29 is 14.3 Å². The van der Waals surface area contributed by atoms with E-state index in [4.69, 9.17) is 9.47 Å². The summed E-state index contributed by atoms with van der Waals surface area (Å²) >= 11 is 2.00. The van der Waals surface area contributed by atoms with E-state index in [2.05, 4.69) is 10.2 Å². The Morgan fingerprint density at radius 2 is 1.96 bits per heavy atom. The highest BCUT2D eigenvalue weighted by atomic mass is 32.2. The lowest BCUT2D eigenvalue weighted by molar-refractivity contribution is -0.0552. The number of ether oxygens (including phenoxy) is 2. The predicted octanol–water partition coefficient (Wildman–Crippen LogP) is 1.01. The smallest absolute Gasteiger partial charge is 0.317 e. The van der Waals surface area contributed by atoms with Crippen molar-refractivity contribution in [2.24, 2.45) is 0 Å². The van der Waals surface area contributed by atoms with E-state index < -0.39 is 0 Å². The standard InChI is InChI=1S/C16H29N3O3S/c1-13-9-18(10-14(2)22-13)15(20)17-11-16(3-8-23-12-16)19-4-6-21-7-5-19/h13-14H,3-12H2,1-2H3,(H,17,20)/t13-,14+,16-/m0/s1. The van der Waals surface area contributed by atoms with Crippen LogP contribution in [-0.2, 0) is 9.47 Å². The van der Waals surface area contributed by atoms with Gasteiger partial charge >= 0.3 is 6.03 Å². The quantitative estimate of drug-likeness (QED) is 0.829. The predicted molar refractivity (Wildman–Crippen MR) is 92.0 cm³/mol. The molecule has 3 atom stereocenters. The zero-order valence-electron chi connectivity index (χ0n) is 14.3. The highest BCUT2D eigenvalue weighted by Crippen LogP contribution is 2.33. The first-order chi connectivity index (χ1) is 11.1. The Morgan fingerprint density at radius 1 is 1.26 bits per heavy atom. The van der Waals surface area contributed by atoms with Gasteiger partial charge in [0.25, 0.3) is 0 Å². The van der Waals surface area contributed by atoms with Crippen molar-refractivity contribution in [1.29, 1.82) is 0 Å². The number of nitrogens with zero attached hydrogens (tertiary/aromatic N) is 2. The van der Waals surface area contributed by atoms with Crippen LogP contribution in [0.15, 0.2) is 0 Å². The Hall–Kier alpha value is -0.500. The highest BCUT2D eigenvalue weighted by molar-refractivity contribution is 7.99. The average Bonchev–Trinajstić information content (AvgIpc) is 3.03. The molecule has 3 aliphatic rings. The van der Waals surface area contributed by atoms with Crippen LogP contribution in [0.25, 0.3) is 0 Å². The van der Waals surface area contributed by atoms with Crippen LogP contribution in [0.1, 0.15) is 20.3 Å². The van der Waals surface area contributed by atoms with Crippen LogP contribution < -0.4 is 5.32 Å². The number of hydrogen-bond donors (Lipinski definition) is 1. The maximum Gasteiger partial charge on any atom is 0.317 e. The molecule has 3 rings (SSSR count). The average molecular weight is 343 g/mol. The van der Waals surface area contributed by atoms with E-state index >= 15 is 0 Å². The summed E-state index contributed by atoms with van der Waals surface area (Å²) in [7, 11) is 0. The maximum absolute atomic E-state index is 12.6. The van der Waals surface area contributed by atoms with Gasteiger partial charge < -0.3 is 19.7 Å². The second kappa shape index (κ2) is 7.59. The van der Waals surface area contributed by atoms with Crippen molar-refractivity contribution in [3.05, 3.63) is 0 Å². The van der Waals surface area contributed by atoms with Crippen LogP contribution in [0.4, 0.5) is 4.79 Å². The molecule has 2 amide bonds. The fourth-order valence-electron chi connectivity index (χ4n) is 3.83. The summed E-state index contributed by atoms with van der Waals surface area (Å²) in [6.07, 6.45) is 1.37. The Labute approximate surface area is 143 Å². The summed E-state index contributed by atoms with van der Waals surface area (Å²) in [5.41, 5.74) is 0.105. The second-order valence-corrected chi connectivity index (χ2v) is 8.05. The topological polar surface area (TPSA) is 54.0 Å². The van der Waals surface area contributed by atoms with Gasteiger partial charge in [-0.05, 0) is 26.0 Å². The molecule has 6 nitrogen and oxygen atoms in total. The van der Waals surface area contributed by atoms with E-state index in [0.29, 0.717) is 13.1 Å². The number of morpholine rings is 2. The first kappa shape index (κ1) is 17.3. The molecular formula is C16H29N3O3S. The minimum Gasteiger partial charge on any atom is -0.379 e. The molecule has 7 heteroatoms. The number of carbonyl (C=O) groups excluding carboxylic acids is 1. The number of hydrogen-bond acceptors (Lipinski definition) is 5. The van der Waals surface area contributed by atoms with Gasteiger partial charge in [-0.1, -0.05) is 0 Å². The molecule has 132 valence electrons. The van der Waals surface area contributed by atoms with Gasteiger partial charge in [-0.2, -0.15) is 11.8 Å². The third-order valence-electron chi connectivity index (χ3n) is 5.04. The summed E-state index contributed by atoms with van der Waals surface area (Å²) in [6, 6.07) is 0.0523. The van der Waals surface area contributed by atoms with Crippen LogP contribution >= 0.6 is 11.8 Å². The molecule has 3 heterocycles. The molecule has 0 unspecified atom stereocenters. The number of nitrogens with one attached hydrogen (secondary N) is 1. The van der Waals surface area contributed by atoms with Crippen LogP contribution in [-0.4, -0.2) is 91.0 Å². The van der Waals surface area contributed by atoms with Crippen molar-refractivity contribution in [3.8, 4) is 0 Å². The molecule has 3 aliphatic heterocycles. The number of amides is 2. The van der Waals surface area contributed by atoms with E-state index in [9.17, 15) is 4.79 Å². The van der Waals surface area contributed by atoms with Gasteiger partial charge in [0.2, 0.25) is 0 Å². The summed E-state index contributed by atoms with van der Waals surface area (Å²) < 4.78 is 11.2. The largest absolute Gasteiger partial charge is 0.379 e. The second-order valence-electron chi connectivity index (χ2n) is 6.95. The molecule has 0 aromatic heterocycles. The molecule has 0 aromatic rings. The molecule has 0 aliphatic carbocycles. The molecule has 23 heavy (non-hydrogen) atoms. The third-order valence-corrected chi connectivity index (χ3v) is 6.27. The van der Waals surface area contributed by atoms with Gasteiger partial charge in [0, 0.05) is 44.0 Å². The van der Waals surface area contributed by atoms with Gasteiger partial charge in [0.15, 0.2) is 0 Å². The van der Waals surface area contributed by atoms with Crippen molar-refractivity contribution in [1.82, 2.24) is 15.1 Å². The van der Waals surface area contributed by atoms with E-state index in [1.807, 2.05) is 30.5 Å². The minimum absolute atomic E-state index is 0.0523. The van der Waals surface area contributed by atoms with Crippen molar-refractivity contribution in [2.75, 3.05) is 57.4 Å². The van der Waals surface area contributed by atoms with Gasteiger partial charge in [-0.3, -0.25) is 4.90 Å². The molecule has 0 spiro atoms. The van der Waals surface area contributed by atoms with E-state index in [1.165, 1.54) is 5.75 Å². The number of thioether (sulfide) groups is 1. The monoisotopic (exact) mass is 343 g/mol. The SMILES string of the molecule is C[C@@H]1CN(C(=O)NC[C@@]2(N3CCOCC3)CCSC2)C[C@H](C)O1. The van der Waals surface area contributed by atoms with Gasteiger partial charge in [-0.25, -0.2) is 4.79 Å². The molecule has 3 fully saturated rings. The zero-order valence-corrected chi connectivity index (χ0v) is 15.1. The molecule has 1 N–H and O–H groups in total. The van der Waals surface area contributed by atoms with Gasteiger partial charge in [-0.15, -0.1) is 0 Å². The van der Waals surface area contributed by atoms with Gasteiger partial charge in [0.05, 0.1) is 25.4 Å². The third kappa shape index (κ3) is 4.13. The normalized spacial score (nSPS) is 36.2. The van der Waals surface area contributed by atoms with E-state index in [1.54, 1.807) is 0 Å². The number of rotatable bonds is 3. The Kier molecular flexibility index (Phi) is 5.72. The van der Waals surface area contributed by atoms with Crippen LogP contribution in [0.3, 0.4) is 0 Å². The Morgan fingerprint density at radius 3 is 2.57 bits per heavy atom. The summed E-state index contributed by atoms with van der Waals surface area (Å²) in [4.78, 5) is 17.0. The lowest BCUT2D eigenvalue weighted by Gasteiger charge is -2.43. The molecule has 0 radical (unpaired) electrons.